The first kappa shape index (κ1) is 18.9. The molecule has 1 fully saturated rings. The number of hydrogen-bond acceptors (Lipinski definition) is 3. The van der Waals surface area contributed by atoms with E-state index in [2.05, 4.69) is 21.2 Å². The normalized spacial score (nSPS) is 18.0. The topological polar surface area (TPSA) is 58.6 Å². The van der Waals surface area contributed by atoms with Gasteiger partial charge in [0.2, 0.25) is 11.8 Å². The van der Waals surface area contributed by atoms with Crippen LogP contribution in [0.25, 0.3) is 0 Å². The van der Waals surface area contributed by atoms with E-state index < -0.39 is 30.5 Å². The third kappa shape index (κ3) is 4.54. The predicted octanol–water partition coefficient (Wildman–Crippen LogP) is 3.46. The lowest BCUT2D eigenvalue weighted by atomic mass is 10.1. The minimum Gasteiger partial charge on any atom is -0.493 e. The molecule has 1 aromatic rings. The smallest absolute Gasteiger partial charge is 0.406 e. The Morgan fingerprint density at radius 1 is 1.50 bits per heavy atom. The zero-order valence-electron chi connectivity index (χ0n) is 12.4. The first-order chi connectivity index (χ1) is 11.1. The summed E-state index contributed by atoms with van der Waals surface area (Å²) in [6, 6.07) is 3.02. The summed E-state index contributed by atoms with van der Waals surface area (Å²) < 4.78 is 42.9. The Kier molecular flexibility index (Phi) is 5.64. The number of nitrogens with one attached hydrogen (secondary N) is 1. The highest BCUT2D eigenvalue weighted by Gasteiger charge is 2.40. The van der Waals surface area contributed by atoms with E-state index in [-0.39, 0.29) is 18.7 Å². The highest BCUT2D eigenvalue weighted by molar-refractivity contribution is 9.10. The van der Waals surface area contributed by atoms with Crippen molar-refractivity contribution in [3.05, 3.63) is 21.6 Å². The van der Waals surface area contributed by atoms with Crippen molar-refractivity contribution >= 4 is 45.0 Å². The molecule has 1 heterocycles. The number of carbonyl (C=O) groups is 2. The molecule has 2 rings (SSSR count). The fourth-order valence-corrected chi connectivity index (χ4v) is 3.38. The van der Waals surface area contributed by atoms with Gasteiger partial charge >= 0.3 is 6.18 Å². The van der Waals surface area contributed by atoms with E-state index in [1.165, 1.54) is 13.2 Å². The number of carbonyl (C=O) groups excluding carboxylic acids is 2. The Hall–Kier alpha value is -1.48. The van der Waals surface area contributed by atoms with Gasteiger partial charge < -0.3 is 15.0 Å². The van der Waals surface area contributed by atoms with Crippen molar-refractivity contribution in [2.75, 3.05) is 25.5 Å². The first-order valence-electron chi connectivity index (χ1n) is 6.79. The van der Waals surface area contributed by atoms with Crippen LogP contribution in [0.4, 0.5) is 18.9 Å². The van der Waals surface area contributed by atoms with Gasteiger partial charge in [0.1, 0.15) is 6.54 Å². The van der Waals surface area contributed by atoms with Gasteiger partial charge in [-0.3, -0.25) is 9.59 Å². The van der Waals surface area contributed by atoms with Crippen LogP contribution in [0.2, 0.25) is 5.02 Å². The summed E-state index contributed by atoms with van der Waals surface area (Å²) >= 11 is 9.15. The monoisotopic (exact) mass is 428 g/mol. The molecule has 24 heavy (non-hydrogen) atoms. The summed E-state index contributed by atoms with van der Waals surface area (Å²) in [7, 11) is 1.40. The maximum absolute atomic E-state index is 12.4. The molecule has 1 aliphatic heterocycles. The molecule has 0 spiro atoms. The Morgan fingerprint density at radius 2 is 2.17 bits per heavy atom. The number of nitrogens with zero attached hydrogens (tertiary/aromatic N) is 1. The lowest BCUT2D eigenvalue weighted by molar-refractivity contribution is -0.157. The van der Waals surface area contributed by atoms with Crippen molar-refractivity contribution in [3.8, 4) is 5.75 Å². The molecule has 10 heteroatoms. The average molecular weight is 430 g/mol. The second kappa shape index (κ2) is 7.18. The molecule has 132 valence electrons. The van der Waals surface area contributed by atoms with Gasteiger partial charge in [-0.1, -0.05) is 11.6 Å². The maximum Gasteiger partial charge on any atom is 0.406 e. The number of amides is 2. The third-order valence-electron chi connectivity index (χ3n) is 3.43. The van der Waals surface area contributed by atoms with Crippen LogP contribution < -0.4 is 10.1 Å². The van der Waals surface area contributed by atoms with E-state index in [1.54, 1.807) is 6.07 Å². The number of rotatable bonds is 4. The molecule has 0 bridgehead atoms. The summed E-state index contributed by atoms with van der Waals surface area (Å²) in [6.45, 7) is -1.64. The Morgan fingerprint density at radius 3 is 2.75 bits per heavy atom. The number of methoxy groups -OCH3 is 1. The van der Waals surface area contributed by atoms with Crippen LogP contribution in [-0.2, 0) is 9.59 Å². The van der Waals surface area contributed by atoms with Crippen molar-refractivity contribution in [1.29, 1.82) is 0 Å². The summed E-state index contributed by atoms with van der Waals surface area (Å²) in [5.41, 5.74) is 0.267. The van der Waals surface area contributed by atoms with Gasteiger partial charge in [-0.25, -0.2) is 0 Å². The Bertz CT molecular complexity index is 669. The Labute approximate surface area is 149 Å². The zero-order chi connectivity index (χ0) is 18.1. The van der Waals surface area contributed by atoms with Crippen molar-refractivity contribution < 1.29 is 27.5 Å². The minimum absolute atomic E-state index is 0.267. The molecule has 0 aliphatic carbocycles. The fourth-order valence-electron chi connectivity index (χ4n) is 2.41. The Balaban J connectivity index is 2.10. The van der Waals surface area contributed by atoms with Crippen molar-refractivity contribution in [2.24, 2.45) is 5.92 Å². The highest BCUT2D eigenvalue weighted by atomic mass is 79.9. The molecule has 2 amide bonds. The second-order valence-electron chi connectivity index (χ2n) is 5.25. The second-order valence-corrected chi connectivity index (χ2v) is 6.54. The zero-order valence-corrected chi connectivity index (χ0v) is 14.8. The quantitative estimate of drug-likeness (QED) is 0.797. The van der Waals surface area contributed by atoms with Crippen LogP contribution in [0.15, 0.2) is 16.6 Å². The van der Waals surface area contributed by atoms with Crippen LogP contribution in [0.1, 0.15) is 6.42 Å². The number of halogens is 5. The summed E-state index contributed by atoms with van der Waals surface area (Å²) in [4.78, 5) is 24.6. The standard InChI is InChI=1S/C14H13BrClF3N2O3/c1-24-12-9(15)3-8(16)4-10(12)20-13(23)7-2-11(22)21(5-7)6-14(17,18)19/h3-4,7H,2,5-6H2,1H3,(H,20,23)/t7-/m1/s1. The van der Waals surface area contributed by atoms with Gasteiger partial charge in [0.05, 0.1) is 23.2 Å². The SMILES string of the molecule is COc1c(Br)cc(Cl)cc1NC(=O)[C@@H]1CC(=O)N(CC(F)(F)F)C1. The molecule has 1 N–H and O–H groups in total. The minimum atomic E-state index is -4.50. The van der Waals surface area contributed by atoms with Gasteiger partial charge in [0.15, 0.2) is 5.75 Å². The maximum atomic E-state index is 12.4. The fraction of sp³-hybridized carbons (Fsp3) is 0.429. The van der Waals surface area contributed by atoms with Gasteiger partial charge in [0.25, 0.3) is 0 Å². The van der Waals surface area contributed by atoms with Crippen LogP contribution >= 0.6 is 27.5 Å². The molecule has 0 aromatic heterocycles. The predicted molar refractivity (Wildman–Crippen MR) is 85.1 cm³/mol. The first-order valence-corrected chi connectivity index (χ1v) is 7.96. The summed E-state index contributed by atoms with van der Waals surface area (Å²) in [5.74, 6) is -1.82. The summed E-state index contributed by atoms with van der Waals surface area (Å²) in [5, 5.41) is 2.88. The average Bonchev–Trinajstić information content (AvgIpc) is 2.77. The number of likely N-dealkylation sites (tertiary alicyclic amines) is 1. The molecule has 0 unspecified atom stereocenters. The van der Waals surface area contributed by atoms with E-state index in [0.717, 1.165) is 0 Å². The van der Waals surface area contributed by atoms with Crippen LogP contribution in [0.3, 0.4) is 0 Å². The number of hydrogen-bond donors (Lipinski definition) is 1. The number of alkyl halides is 3. The van der Waals surface area contributed by atoms with Crippen molar-refractivity contribution in [1.82, 2.24) is 4.90 Å². The van der Waals surface area contributed by atoms with Gasteiger partial charge in [-0.15, -0.1) is 0 Å². The van der Waals surface area contributed by atoms with E-state index >= 15 is 0 Å². The number of anilines is 1. The highest BCUT2D eigenvalue weighted by Crippen LogP contribution is 2.37. The largest absolute Gasteiger partial charge is 0.493 e. The molecular formula is C14H13BrClF3N2O3. The number of benzene rings is 1. The van der Waals surface area contributed by atoms with E-state index in [9.17, 15) is 22.8 Å². The van der Waals surface area contributed by atoms with E-state index in [0.29, 0.717) is 20.1 Å². The molecule has 1 aliphatic rings. The molecule has 0 saturated carbocycles. The van der Waals surface area contributed by atoms with Crippen LogP contribution in [0, 0.1) is 5.92 Å². The molecule has 5 nitrogen and oxygen atoms in total. The molecule has 0 radical (unpaired) electrons. The van der Waals surface area contributed by atoms with Gasteiger partial charge in [0, 0.05) is 18.0 Å². The lowest BCUT2D eigenvalue weighted by Gasteiger charge is -2.18. The molecule has 1 saturated heterocycles. The third-order valence-corrected chi connectivity index (χ3v) is 4.23. The van der Waals surface area contributed by atoms with Crippen LogP contribution in [0.5, 0.6) is 5.75 Å². The van der Waals surface area contributed by atoms with E-state index in [4.69, 9.17) is 16.3 Å². The van der Waals surface area contributed by atoms with Crippen molar-refractivity contribution in [2.45, 2.75) is 12.6 Å². The van der Waals surface area contributed by atoms with Gasteiger partial charge in [-0.05, 0) is 28.1 Å². The van der Waals surface area contributed by atoms with Crippen molar-refractivity contribution in [3.63, 3.8) is 0 Å². The van der Waals surface area contributed by atoms with Gasteiger partial charge in [-0.2, -0.15) is 13.2 Å². The van der Waals surface area contributed by atoms with E-state index in [1.807, 2.05) is 0 Å². The summed E-state index contributed by atoms with van der Waals surface area (Å²) in [6.07, 6.45) is -4.77. The number of ether oxygens (including phenoxy) is 1. The lowest BCUT2D eigenvalue weighted by Crippen LogP contribution is -2.36. The molecule has 1 aromatic carbocycles. The molecule has 1 atom stereocenters. The van der Waals surface area contributed by atoms with Crippen LogP contribution in [-0.4, -0.2) is 43.1 Å². The molecular weight excluding hydrogens is 417 g/mol.